The van der Waals surface area contributed by atoms with Crippen molar-refractivity contribution >= 4 is 16.3 Å². The Hall–Kier alpha value is -0.860. The zero-order chi connectivity index (χ0) is 12.6. The first-order chi connectivity index (χ1) is 7.41. The second-order valence-electron chi connectivity index (χ2n) is 3.34. The fourth-order valence-electron chi connectivity index (χ4n) is 0.979. The zero-order valence-electron chi connectivity index (χ0n) is 9.74. The molecule has 3 N–H and O–H groups in total. The van der Waals surface area contributed by atoms with Crippen LogP contribution in [0.5, 0.6) is 0 Å². The Bertz CT molecular complexity index is 304. The molecule has 0 aliphatic carbocycles. The van der Waals surface area contributed by atoms with Gasteiger partial charge in [0.25, 0.3) is 0 Å². The number of nitrogens with one attached hydrogen (secondary N) is 3. The van der Waals surface area contributed by atoms with E-state index < -0.39 is 16.3 Å². The maximum atomic E-state index is 11.3. The van der Waals surface area contributed by atoms with Gasteiger partial charge in [-0.3, -0.25) is 0 Å². The molecule has 8 heteroatoms. The molecule has 0 bridgehead atoms. The first-order valence-electron chi connectivity index (χ1n) is 5.00. The minimum absolute atomic E-state index is 0.123. The van der Waals surface area contributed by atoms with E-state index in [1.807, 2.05) is 6.92 Å². The number of carbonyl (C=O) groups excluding carboxylic acids is 1. The Labute approximate surface area is 96.1 Å². The van der Waals surface area contributed by atoms with Gasteiger partial charge in [0.15, 0.2) is 0 Å². The molecule has 0 spiro atoms. The van der Waals surface area contributed by atoms with Gasteiger partial charge < -0.3 is 10.1 Å². The average molecular weight is 253 g/mol. The van der Waals surface area contributed by atoms with E-state index in [0.717, 1.165) is 0 Å². The van der Waals surface area contributed by atoms with Crippen LogP contribution >= 0.6 is 0 Å². The van der Waals surface area contributed by atoms with E-state index in [-0.39, 0.29) is 19.1 Å². The van der Waals surface area contributed by atoms with E-state index in [2.05, 4.69) is 14.8 Å². The lowest BCUT2D eigenvalue weighted by molar-refractivity contribution is 0.158. The van der Waals surface area contributed by atoms with Crippen molar-refractivity contribution in [3.8, 4) is 0 Å². The van der Waals surface area contributed by atoms with E-state index in [1.54, 1.807) is 18.7 Å². The van der Waals surface area contributed by atoms with Crippen LogP contribution in [-0.4, -0.2) is 41.3 Å². The Morgan fingerprint density at radius 1 is 1.38 bits per heavy atom. The summed E-state index contributed by atoms with van der Waals surface area (Å²) in [7, 11) is -2.04. The standard InChI is InChI=1S/C8H19N3O4S/c1-4-15-8(12)11-16(13,14)10-6-7(2)5-9-3/h7,9-10H,4-6H2,1-3H3,(H,11,12). The molecule has 0 radical (unpaired) electrons. The number of rotatable bonds is 7. The lowest BCUT2D eigenvalue weighted by atomic mass is 10.2. The monoisotopic (exact) mass is 253 g/mol. The second-order valence-corrected chi connectivity index (χ2v) is 4.84. The maximum absolute atomic E-state index is 11.3. The van der Waals surface area contributed by atoms with Crippen LogP contribution in [0.15, 0.2) is 0 Å². The van der Waals surface area contributed by atoms with Gasteiger partial charge in [0.05, 0.1) is 6.61 Å². The minimum atomic E-state index is -3.82. The van der Waals surface area contributed by atoms with E-state index in [4.69, 9.17) is 0 Å². The summed E-state index contributed by atoms with van der Waals surface area (Å²) in [6.45, 7) is 4.52. The fraction of sp³-hybridized carbons (Fsp3) is 0.875. The van der Waals surface area contributed by atoms with Crippen molar-refractivity contribution in [1.29, 1.82) is 0 Å². The lowest BCUT2D eigenvalue weighted by Crippen LogP contribution is -2.43. The molecular weight excluding hydrogens is 234 g/mol. The number of hydrogen-bond acceptors (Lipinski definition) is 5. The molecule has 1 amide bonds. The van der Waals surface area contributed by atoms with E-state index >= 15 is 0 Å². The van der Waals surface area contributed by atoms with Gasteiger partial charge in [-0.1, -0.05) is 6.92 Å². The van der Waals surface area contributed by atoms with Gasteiger partial charge in [-0.25, -0.2) is 9.52 Å². The largest absolute Gasteiger partial charge is 0.449 e. The van der Waals surface area contributed by atoms with Crippen molar-refractivity contribution in [3.63, 3.8) is 0 Å². The number of ether oxygens (including phenoxy) is 1. The third-order valence-electron chi connectivity index (χ3n) is 1.67. The lowest BCUT2D eigenvalue weighted by Gasteiger charge is -2.12. The van der Waals surface area contributed by atoms with Crippen LogP contribution < -0.4 is 14.8 Å². The molecular formula is C8H19N3O4S. The molecule has 0 aromatic rings. The van der Waals surface area contributed by atoms with Crippen molar-refractivity contribution in [1.82, 2.24) is 14.8 Å². The third-order valence-corrected chi connectivity index (χ3v) is 2.65. The summed E-state index contributed by atoms with van der Waals surface area (Å²) in [6, 6.07) is 0. The van der Waals surface area contributed by atoms with Gasteiger partial charge >= 0.3 is 16.3 Å². The second kappa shape index (κ2) is 7.42. The maximum Gasteiger partial charge on any atom is 0.421 e. The van der Waals surface area contributed by atoms with Crippen LogP contribution in [0, 0.1) is 5.92 Å². The molecule has 0 aliphatic rings. The normalized spacial score (nSPS) is 13.2. The van der Waals surface area contributed by atoms with Crippen LogP contribution in [0.1, 0.15) is 13.8 Å². The third kappa shape index (κ3) is 7.43. The molecule has 16 heavy (non-hydrogen) atoms. The molecule has 0 aliphatic heterocycles. The van der Waals surface area contributed by atoms with Crippen molar-refractivity contribution in [3.05, 3.63) is 0 Å². The molecule has 0 heterocycles. The van der Waals surface area contributed by atoms with Gasteiger partial charge in [-0.15, -0.1) is 0 Å². The minimum Gasteiger partial charge on any atom is -0.449 e. The first-order valence-corrected chi connectivity index (χ1v) is 6.48. The van der Waals surface area contributed by atoms with Gasteiger partial charge in [0, 0.05) is 6.54 Å². The van der Waals surface area contributed by atoms with Crippen LogP contribution in [0.25, 0.3) is 0 Å². The van der Waals surface area contributed by atoms with Crippen LogP contribution in [0.2, 0.25) is 0 Å². The van der Waals surface area contributed by atoms with Crippen molar-refractivity contribution < 1.29 is 17.9 Å². The highest BCUT2D eigenvalue weighted by Gasteiger charge is 2.15. The summed E-state index contributed by atoms with van der Waals surface area (Å²) in [5.74, 6) is 0.128. The van der Waals surface area contributed by atoms with Gasteiger partial charge in [0.1, 0.15) is 0 Å². The number of hydrogen-bond donors (Lipinski definition) is 3. The van der Waals surface area contributed by atoms with E-state index in [1.165, 1.54) is 0 Å². The molecule has 1 atom stereocenters. The Kier molecular flexibility index (Phi) is 7.02. The predicted octanol–water partition coefficient (Wildman–Crippen LogP) is -0.578. The Balaban J connectivity index is 4.01. The average Bonchev–Trinajstić information content (AvgIpc) is 2.15. The summed E-state index contributed by atoms with van der Waals surface area (Å²) >= 11 is 0. The van der Waals surface area contributed by atoms with Gasteiger partial charge in [0.2, 0.25) is 0 Å². The highest BCUT2D eigenvalue weighted by atomic mass is 32.2. The molecule has 0 rings (SSSR count). The van der Waals surface area contributed by atoms with E-state index in [9.17, 15) is 13.2 Å². The summed E-state index contributed by atoms with van der Waals surface area (Å²) in [5, 5.41) is 2.92. The SMILES string of the molecule is CCOC(=O)NS(=O)(=O)NCC(C)CNC. The topological polar surface area (TPSA) is 96.5 Å². The Morgan fingerprint density at radius 3 is 2.50 bits per heavy atom. The molecule has 0 aromatic carbocycles. The van der Waals surface area contributed by atoms with Crippen LogP contribution in [0.4, 0.5) is 4.79 Å². The molecule has 1 unspecified atom stereocenters. The predicted molar refractivity (Wildman–Crippen MR) is 60.2 cm³/mol. The van der Waals surface area contributed by atoms with Gasteiger partial charge in [-0.05, 0) is 26.4 Å². The molecule has 0 saturated heterocycles. The quantitative estimate of drug-likeness (QED) is 0.564. The first kappa shape index (κ1) is 15.1. The van der Waals surface area contributed by atoms with Crippen LogP contribution in [-0.2, 0) is 14.9 Å². The molecule has 0 saturated carbocycles. The van der Waals surface area contributed by atoms with Crippen molar-refractivity contribution in [2.45, 2.75) is 13.8 Å². The summed E-state index contributed by atoms with van der Waals surface area (Å²) in [5.41, 5.74) is 0. The van der Waals surface area contributed by atoms with Crippen molar-refractivity contribution in [2.75, 3.05) is 26.7 Å². The molecule has 0 fully saturated rings. The molecule has 96 valence electrons. The Morgan fingerprint density at radius 2 is 2.00 bits per heavy atom. The smallest absolute Gasteiger partial charge is 0.421 e. The zero-order valence-corrected chi connectivity index (χ0v) is 10.6. The summed E-state index contributed by atoms with van der Waals surface area (Å²) < 4.78 is 31.0. The molecule has 0 aromatic heterocycles. The number of carbonyl (C=O) groups is 1. The molecule has 7 nitrogen and oxygen atoms in total. The van der Waals surface area contributed by atoms with Gasteiger partial charge in [-0.2, -0.15) is 13.1 Å². The summed E-state index contributed by atoms with van der Waals surface area (Å²) in [6.07, 6.45) is -0.976. The van der Waals surface area contributed by atoms with Crippen molar-refractivity contribution in [2.24, 2.45) is 5.92 Å². The highest BCUT2D eigenvalue weighted by Crippen LogP contribution is 1.91. The van der Waals surface area contributed by atoms with Crippen LogP contribution in [0.3, 0.4) is 0 Å². The summed E-state index contributed by atoms with van der Waals surface area (Å²) in [4.78, 5) is 10.9. The highest BCUT2D eigenvalue weighted by molar-refractivity contribution is 7.88. The van der Waals surface area contributed by atoms with E-state index in [0.29, 0.717) is 6.54 Å². The fourth-order valence-corrected chi connectivity index (χ4v) is 1.83. The number of amides is 1.